The number of halogens is 1. The SMILES string of the molecule is CC(C)C(C(=O)Nc1ccncc1F)c1ccccc1. The van der Waals surface area contributed by atoms with Crippen LogP contribution in [0.1, 0.15) is 25.3 Å². The second-order valence-electron chi connectivity index (χ2n) is 4.98. The molecule has 0 bridgehead atoms. The van der Waals surface area contributed by atoms with E-state index in [0.717, 1.165) is 11.8 Å². The van der Waals surface area contributed by atoms with E-state index < -0.39 is 5.82 Å². The molecule has 0 aliphatic rings. The number of aromatic nitrogens is 1. The minimum absolute atomic E-state index is 0.113. The predicted octanol–water partition coefficient (Wildman–Crippen LogP) is 3.60. The topological polar surface area (TPSA) is 42.0 Å². The van der Waals surface area contributed by atoms with Gasteiger partial charge in [0.1, 0.15) is 0 Å². The molecule has 1 amide bonds. The number of nitrogens with zero attached hydrogens (tertiary/aromatic N) is 1. The Morgan fingerprint density at radius 3 is 2.50 bits per heavy atom. The normalized spacial score (nSPS) is 12.2. The molecule has 0 radical (unpaired) electrons. The van der Waals surface area contributed by atoms with Gasteiger partial charge in [0.15, 0.2) is 5.82 Å². The molecule has 1 atom stereocenters. The highest BCUT2D eigenvalue weighted by Gasteiger charge is 2.24. The Morgan fingerprint density at radius 1 is 1.20 bits per heavy atom. The van der Waals surface area contributed by atoms with Crippen molar-refractivity contribution in [3.63, 3.8) is 0 Å². The molecule has 104 valence electrons. The van der Waals surface area contributed by atoms with E-state index in [1.807, 2.05) is 44.2 Å². The molecule has 1 unspecified atom stereocenters. The molecule has 1 N–H and O–H groups in total. The fourth-order valence-electron chi connectivity index (χ4n) is 2.19. The number of rotatable bonds is 4. The summed E-state index contributed by atoms with van der Waals surface area (Å²) in [7, 11) is 0. The van der Waals surface area contributed by atoms with E-state index in [-0.39, 0.29) is 23.4 Å². The molecule has 20 heavy (non-hydrogen) atoms. The minimum atomic E-state index is -0.531. The van der Waals surface area contributed by atoms with Crippen LogP contribution in [0.5, 0.6) is 0 Å². The lowest BCUT2D eigenvalue weighted by atomic mass is 9.87. The number of carbonyl (C=O) groups excluding carboxylic acids is 1. The molecule has 2 aromatic rings. The average molecular weight is 272 g/mol. The third kappa shape index (κ3) is 3.20. The number of hydrogen-bond donors (Lipinski definition) is 1. The lowest BCUT2D eigenvalue weighted by molar-refractivity contribution is -0.118. The van der Waals surface area contributed by atoms with E-state index in [1.165, 1.54) is 12.3 Å². The maximum absolute atomic E-state index is 13.5. The number of benzene rings is 1. The van der Waals surface area contributed by atoms with Crippen molar-refractivity contribution >= 4 is 11.6 Å². The summed E-state index contributed by atoms with van der Waals surface area (Å²) in [5, 5.41) is 2.64. The van der Waals surface area contributed by atoms with Crippen LogP contribution in [0, 0.1) is 11.7 Å². The van der Waals surface area contributed by atoms with Gasteiger partial charge in [-0.25, -0.2) is 4.39 Å². The molecule has 1 heterocycles. The second kappa shape index (κ2) is 6.28. The van der Waals surface area contributed by atoms with Crippen LogP contribution in [-0.4, -0.2) is 10.9 Å². The Bertz CT molecular complexity index is 584. The lowest BCUT2D eigenvalue weighted by Crippen LogP contribution is -2.25. The zero-order chi connectivity index (χ0) is 14.5. The highest BCUT2D eigenvalue weighted by atomic mass is 19.1. The summed E-state index contributed by atoms with van der Waals surface area (Å²) >= 11 is 0. The molecule has 2 rings (SSSR count). The molecule has 0 aliphatic carbocycles. The van der Waals surface area contributed by atoms with Gasteiger partial charge in [0.2, 0.25) is 5.91 Å². The van der Waals surface area contributed by atoms with E-state index in [9.17, 15) is 9.18 Å². The Balaban J connectivity index is 2.23. The number of carbonyl (C=O) groups is 1. The van der Waals surface area contributed by atoms with Crippen LogP contribution < -0.4 is 5.32 Å². The first-order valence-electron chi connectivity index (χ1n) is 6.55. The summed E-state index contributed by atoms with van der Waals surface area (Å²) in [6, 6.07) is 11.0. The van der Waals surface area contributed by atoms with Crippen molar-refractivity contribution in [1.29, 1.82) is 0 Å². The third-order valence-corrected chi connectivity index (χ3v) is 3.14. The van der Waals surface area contributed by atoms with Crippen molar-refractivity contribution in [2.45, 2.75) is 19.8 Å². The first-order valence-corrected chi connectivity index (χ1v) is 6.55. The number of nitrogens with one attached hydrogen (secondary N) is 1. The van der Waals surface area contributed by atoms with Crippen molar-refractivity contribution in [1.82, 2.24) is 4.98 Å². The second-order valence-corrected chi connectivity index (χ2v) is 4.98. The van der Waals surface area contributed by atoms with Gasteiger partial charge in [-0.3, -0.25) is 9.78 Å². The summed E-state index contributed by atoms with van der Waals surface area (Å²) in [5.41, 5.74) is 1.08. The smallest absolute Gasteiger partial charge is 0.232 e. The standard InChI is InChI=1S/C16H17FN2O/c1-11(2)15(12-6-4-3-5-7-12)16(20)19-14-8-9-18-10-13(14)17/h3-11,15H,1-2H3,(H,18,19,20). The van der Waals surface area contributed by atoms with Gasteiger partial charge in [0, 0.05) is 6.20 Å². The van der Waals surface area contributed by atoms with Gasteiger partial charge in [0.25, 0.3) is 0 Å². The largest absolute Gasteiger partial charge is 0.323 e. The van der Waals surface area contributed by atoms with Crippen LogP contribution in [-0.2, 0) is 4.79 Å². The highest BCUT2D eigenvalue weighted by Crippen LogP contribution is 2.26. The van der Waals surface area contributed by atoms with Crippen molar-refractivity contribution in [3.05, 3.63) is 60.2 Å². The molecular weight excluding hydrogens is 255 g/mol. The molecule has 0 aliphatic heterocycles. The van der Waals surface area contributed by atoms with Crippen LogP contribution in [0.3, 0.4) is 0 Å². The Labute approximate surface area is 117 Å². The molecular formula is C16H17FN2O. The number of hydrogen-bond acceptors (Lipinski definition) is 2. The Hall–Kier alpha value is -2.23. The summed E-state index contributed by atoms with van der Waals surface area (Å²) in [5.74, 6) is -0.946. The summed E-state index contributed by atoms with van der Waals surface area (Å²) < 4.78 is 13.5. The first kappa shape index (κ1) is 14.2. The van der Waals surface area contributed by atoms with Crippen LogP contribution in [0.4, 0.5) is 10.1 Å². The van der Waals surface area contributed by atoms with Crippen LogP contribution in [0.25, 0.3) is 0 Å². The van der Waals surface area contributed by atoms with Gasteiger partial charge < -0.3 is 5.32 Å². The third-order valence-electron chi connectivity index (χ3n) is 3.14. The zero-order valence-electron chi connectivity index (χ0n) is 11.5. The number of pyridine rings is 1. The van der Waals surface area contributed by atoms with Gasteiger partial charge in [-0.2, -0.15) is 0 Å². The summed E-state index contributed by atoms with van der Waals surface area (Å²) in [4.78, 5) is 16.1. The van der Waals surface area contributed by atoms with Crippen molar-refractivity contribution in [2.75, 3.05) is 5.32 Å². The average Bonchev–Trinajstić information content (AvgIpc) is 2.42. The van der Waals surface area contributed by atoms with Gasteiger partial charge in [-0.1, -0.05) is 44.2 Å². The van der Waals surface area contributed by atoms with Gasteiger partial charge in [0.05, 0.1) is 17.8 Å². The number of anilines is 1. The Morgan fingerprint density at radius 2 is 1.90 bits per heavy atom. The van der Waals surface area contributed by atoms with Crippen molar-refractivity contribution in [3.8, 4) is 0 Å². The van der Waals surface area contributed by atoms with E-state index >= 15 is 0 Å². The van der Waals surface area contributed by atoms with E-state index in [1.54, 1.807) is 0 Å². The minimum Gasteiger partial charge on any atom is -0.323 e. The van der Waals surface area contributed by atoms with Crippen molar-refractivity contribution < 1.29 is 9.18 Å². The van der Waals surface area contributed by atoms with E-state index in [4.69, 9.17) is 0 Å². The fourth-order valence-corrected chi connectivity index (χ4v) is 2.19. The molecule has 1 aromatic heterocycles. The quantitative estimate of drug-likeness (QED) is 0.924. The lowest BCUT2D eigenvalue weighted by Gasteiger charge is -2.20. The molecule has 0 saturated heterocycles. The van der Waals surface area contributed by atoms with Crippen LogP contribution in [0.15, 0.2) is 48.8 Å². The van der Waals surface area contributed by atoms with E-state index in [0.29, 0.717) is 0 Å². The fraction of sp³-hybridized carbons (Fsp3) is 0.250. The molecule has 0 saturated carbocycles. The highest BCUT2D eigenvalue weighted by molar-refractivity contribution is 5.96. The van der Waals surface area contributed by atoms with Gasteiger partial charge in [-0.05, 0) is 17.5 Å². The molecule has 4 heteroatoms. The maximum atomic E-state index is 13.5. The number of amides is 1. The Kier molecular flexibility index (Phi) is 4.45. The van der Waals surface area contributed by atoms with Crippen molar-refractivity contribution in [2.24, 2.45) is 5.92 Å². The molecule has 1 aromatic carbocycles. The van der Waals surface area contributed by atoms with Crippen LogP contribution in [0.2, 0.25) is 0 Å². The molecule has 3 nitrogen and oxygen atoms in total. The summed E-state index contributed by atoms with van der Waals surface area (Å²) in [6.45, 7) is 3.94. The monoisotopic (exact) mass is 272 g/mol. The molecule has 0 fully saturated rings. The predicted molar refractivity (Wildman–Crippen MR) is 76.8 cm³/mol. The maximum Gasteiger partial charge on any atom is 0.232 e. The van der Waals surface area contributed by atoms with Crippen LogP contribution >= 0.6 is 0 Å². The van der Waals surface area contributed by atoms with Gasteiger partial charge in [-0.15, -0.1) is 0 Å². The molecule has 0 spiro atoms. The van der Waals surface area contributed by atoms with Gasteiger partial charge >= 0.3 is 0 Å². The summed E-state index contributed by atoms with van der Waals surface area (Å²) in [6.07, 6.45) is 2.54. The van der Waals surface area contributed by atoms with E-state index in [2.05, 4.69) is 10.3 Å². The zero-order valence-corrected chi connectivity index (χ0v) is 11.5. The first-order chi connectivity index (χ1) is 9.59.